The molecule has 6 nitrogen and oxygen atoms in total. The molecular formula is C21H23N5OS. The molecular weight excluding hydrogens is 370 g/mol. The van der Waals surface area contributed by atoms with Gasteiger partial charge in [0.15, 0.2) is 0 Å². The Hall–Kier alpha value is -2.80. The van der Waals surface area contributed by atoms with Crippen molar-refractivity contribution in [2.24, 2.45) is 0 Å². The van der Waals surface area contributed by atoms with Gasteiger partial charge in [0, 0.05) is 49.5 Å². The van der Waals surface area contributed by atoms with Crippen molar-refractivity contribution in [3.8, 4) is 0 Å². The van der Waals surface area contributed by atoms with Crippen molar-refractivity contribution in [3.63, 3.8) is 0 Å². The first-order valence-corrected chi connectivity index (χ1v) is 10.6. The monoisotopic (exact) mass is 393 g/mol. The fraction of sp³-hybridized carbons (Fsp3) is 0.286. The number of hydrogen-bond acceptors (Lipinski definition) is 6. The number of thioether (sulfide) groups is 1. The summed E-state index contributed by atoms with van der Waals surface area (Å²) in [7, 11) is 0. The van der Waals surface area contributed by atoms with Crippen LogP contribution in [0.4, 0.5) is 11.6 Å². The van der Waals surface area contributed by atoms with Gasteiger partial charge in [-0.15, -0.1) is 0 Å². The molecule has 7 heteroatoms. The molecule has 2 aromatic heterocycles. The van der Waals surface area contributed by atoms with Gasteiger partial charge in [0.05, 0.1) is 6.54 Å². The zero-order valence-corrected chi connectivity index (χ0v) is 16.4. The van der Waals surface area contributed by atoms with E-state index in [1.54, 1.807) is 23.0 Å². The van der Waals surface area contributed by atoms with Gasteiger partial charge >= 0.3 is 0 Å². The predicted molar refractivity (Wildman–Crippen MR) is 115 cm³/mol. The first kappa shape index (κ1) is 18.6. The Bertz CT molecular complexity index is 967. The van der Waals surface area contributed by atoms with Crippen molar-refractivity contribution in [1.82, 2.24) is 14.5 Å². The summed E-state index contributed by atoms with van der Waals surface area (Å²) < 4.78 is 1.70. The fourth-order valence-electron chi connectivity index (χ4n) is 3.15. The zero-order valence-electron chi connectivity index (χ0n) is 15.6. The maximum absolute atomic E-state index is 11.8. The van der Waals surface area contributed by atoms with Crippen molar-refractivity contribution < 1.29 is 0 Å². The summed E-state index contributed by atoms with van der Waals surface area (Å²) in [6.45, 7) is 3.34. The second kappa shape index (κ2) is 8.93. The first-order valence-electron chi connectivity index (χ1n) is 9.40. The van der Waals surface area contributed by atoms with Gasteiger partial charge in [0.1, 0.15) is 18.0 Å². The highest BCUT2D eigenvalue weighted by molar-refractivity contribution is 7.99. The van der Waals surface area contributed by atoms with Crippen molar-refractivity contribution >= 4 is 23.4 Å². The van der Waals surface area contributed by atoms with Gasteiger partial charge in [-0.1, -0.05) is 30.3 Å². The van der Waals surface area contributed by atoms with Gasteiger partial charge < -0.3 is 14.8 Å². The maximum atomic E-state index is 11.8. The molecule has 28 heavy (non-hydrogen) atoms. The molecule has 4 rings (SSSR count). The van der Waals surface area contributed by atoms with Crippen molar-refractivity contribution in [2.45, 2.75) is 13.1 Å². The topological polar surface area (TPSA) is 63.1 Å². The molecule has 1 N–H and O–H groups in total. The van der Waals surface area contributed by atoms with Crippen LogP contribution in [0.15, 0.2) is 65.8 Å². The Kier molecular flexibility index (Phi) is 5.92. The van der Waals surface area contributed by atoms with E-state index in [9.17, 15) is 4.79 Å². The van der Waals surface area contributed by atoms with Crippen LogP contribution in [0, 0.1) is 0 Å². The lowest BCUT2D eigenvalue weighted by Gasteiger charge is -2.27. The molecule has 3 heterocycles. The molecule has 0 aliphatic carbocycles. The summed E-state index contributed by atoms with van der Waals surface area (Å²) in [6, 6.07) is 15.5. The summed E-state index contributed by atoms with van der Waals surface area (Å²) >= 11 is 1.99. The molecule has 0 radical (unpaired) electrons. The Morgan fingerprint density at radius 1 is 1.00 bits per heavy atom. The smallest absolute Gasteiger partial charge is 0.250 e. The SMILES string of the molecule is O=c1ccccn1Cc1ccc(CNc2cc(N3CCSCC3)ncn2)cc1. The van der Waals surface area contributed by atoms with E-state index in [1.165, 1.54) is 5.56 Å². The normalized spacial score (nSPS) is 14.1. The third-order valence-electron chi connectivity index (χ3n) is 4.74. The van der Waals surface area contributed by atoms with Crippen LogP contribution in [-0.4, -0.2) is 39.1 Å². The quantitative estimate of drug-likeness (QED) is 0.695. The Balaban J connectivity index is 1.36. The molecule has 1 saturated heterocycles. The van der Waals surface area contributed by atoms with Gasteiger partial charge in [0.2, 0.25) is 0 Å². The number of pyridine rings is 1. The number of hydrogen-bond donors (Lipinski definition) is 1. The molecule has 0 bridgehead atoms. The third kappa shape index (κ3) is 4.72. The van der Waals surface area contributed by atoms with E-state index in [1.807, 2.05) is 30.1 Å². The molecule has 0 atom stereocenters. The second-order valence-corrected chi connectivity index (χ2v) is 7.92. The highest BCUT2D eigenvalue weighted by atomic mass is 32.2. The fourth-order valence-corrected chi connectivity index (χ4v) is 4.06. The number of nitrogens with zero attached hydrogens (tertiary/aromatic N) is 4. The standard InChI is InChI=1S/C21H23N5OS/c27-21-3-1-2-8-26(21)15-18-6-4-17(5-7-18)14-22-19-13-20(24-16-23-19)25-9-11-28-12-10-25/h1-8,13,16H,9-12,14-15H2,(H,22,23,24). The van der Waals surface area contributed by atoms with Crippen LogP contribution >= 0.6 is 11.8 Å². The van der Waals surface area contributed by atoms with Gasteiger partial charge in [-0.2, -0.15) is 11.8 Å². The molecule has 144 valence electrons. The largest absolute Gasteiger partial charge is 0.366 e. The third-order valence-corrected chi connectivity index (χ3v) is 5.68. The number of aromatic nitrogens is 3. The van der Waals surface area contributed by atoms with Gasteiger partial charge in [0.25, 0.3) is 5.56 Å². The van der Waals surface area contributed by atoms with Crippen LogP contribution in [0.2, 0.25) is 0 Å². The molecule has 0 unspecified atom stereocenters. The van der Waals surface area contributed by atoms with E-state index in [0.717, 1.165) is 41.8 Å². The average molecular weight is 394 g/mol. The number of benzene rings is 1. The molecule has 0 amide bonds. The first-order chi connectivity index (χ1) is 13.8. The minimum Gasteiger partial charge on any atom is -0.366 e. The lowest BCUT2D eigenvalue weighted by Crippen LogP contribution is -2.33. The van der Waals surface area contributed by atoms with Crippen LogP contribution in [0.25, 0.3) is 0 Å². The Labute approximate surface area is 168 Å². The van der Waals surface area contributed by atoms with E-state index in [-0.39, 0.29) is 5.56 Å². The Morgan fingerprint density at radius 3 is 2.57 bits per heavy atom. The van der Waals surface area contributed by atoms with E-state index in [0.29, 0.717) is 13.1 Å². The molecule has 1 fully saturated rings. The lowest BCUT2D eigenvalue weighted by atomic mass is 10.1. The number of nitrogens with one attached hydrogen (secondary N) is 1. The lowest BCUT2D eigenvalue weighted by molar-refractivity contribution is 0.759. The predicted octanol–water partition coefficient (Wildman–Crippen LogP) is 2.85. The summed E-state index contributed by atoms with van der Waals surface area (Å²) in [6.07, 6.45) is 3.44. The Morgan fingerprint density at radius 2 is 1.79 bits per heavy atom. The molecule has 3 aromatic rings. The summed E-state index contributed by atoms with van der Waals surface area (Å²) in [4.78, 5) is 22.9. The van der Waals surface area contributed by atoms with Gasteiger partial charge in [-0.05, 0) is 17.2 Å². The molecule has 1 aromatic carbocycles. The number of anilines is 2. The van der Waals surface area contributed by atoms with E-state index in [2.05, 4.69) is 44.5 Å². The van der Waals surface area contributed by atoms with Crippen LogP contribution in [-0.2, 0) is 13.1 Å². The van der Waals surface area contributed by atoms with Crippen LogP contribution in [0.5, 0.6) is 0 Å². The second-order valence-electron chi connectivity index (χ2n) is 6.70. The maximum Gasteiger partial charge on any atom is 0.250 e. The average Bonchev–Trinajstić information content (AvgIpc) is 2.76. The summed E-state index contributed by atoms with van der Waals surface area (Å²) in [5.74, 6) is 4.12. The zero-order chi connectivity index (χ0) is 19.2. The highest BCUT2D eigenvalue weighted by Crippen LogP contribution is 2.19. The van der Waals surface area contributed by atoms with Gasteiger partial charge in [-0.3, -0.25) is 4.79 Å². The van der Waals surface area contributed by atoms with Crippen molar-refractivity contribution in [3.05, 3.63) is 82.5 Å². The van der Waals surface area contributed by atoms with Crippen LogP contribution in [0.1, 0.15) is 11.1 Å². The molecule has 1 aliphatic heterocycles. The highest BCUT2D eigenvalue weighted by Gasteiger charge is 2.12. The van der Waals surface area contributed by atoms with E-state index in [4.69, 9.17) is 0 Å². The van der Waals surface area contributed by atoms with Gasteiger partial charge in [-0.25, -0.2) is 9.97 Å². The molecule has 0 saturated carbocycles. The van der Waals surface area contributed by atoms with E-state index >= 15 is 0 Å². The van der Waals surface area contributed by atoms with Crippen molar-refractivity contribution in [1.29, 1.82) is 0 Å². The minimum absolute atomic E-state index is 0.0140. The van der Waals surface area contributed by atoms with Crippen LogP contribution in [0.3, 0.4) is 0 Å². The minimum atomic E-state index is 0.0140. The number of rotatable bonds is 6. The summed E-state index contributed by atoms with van der Waals surface area (Å²) in [5.41, 5.74) is 2.28. The van der Waals surface area contributed by atoms with Crippen molar-refractivity contribution in [2.75, 3.05) is 34.8 Å². The van der Waals surface area contributed by atoms with Crippen LogP contribution < -0.4 is 15.8 Å². The summed E-state index contributed by atoms with van der Waals surface area (Å²) in [5, 5.41) is 3.38. The van der Waals surface area contributed by atoms with E-state index < -0.39 is 0 Å². The molecule has 1 aliphatic rings. The molecule has 0 spiro atoms.